The Balaban J connectivity index is 2.12. The highest BCUT2D eigenvalue weighted by molar-refractivity contribution is 5.99. The Kier molecular flexibility index (Phi) is 4.08. The number of hydrogen-bond acceptors (Lipinski definition) is 3. The predicted molar refractivity (Wildman–Crippen MR) is 79.8 cm³/mol. The number of aromatic nitrogens is 2. The maximum atomic E-state index is 12.3. The van der Waals surface area contributed by atoms with Gasteiger partial charge in [-0.2, -0.15) is 5.10 Å². The Bertz CT molecular complexity index is 631. The van der Waals surface area contributed by atoms with Crippen molar-refractivity contribution in [2.75, 3.05) is 12.4 Å². The molecule has 2 N–H and O–H groups in total. The van der Waals surface area contributed by atoms with E-state index in [2.05, 4.69) is 15.7 Å². The summed E-state index contributed by atoms with van der Waals surface area (Å²) in [5, 5.41) is 10.1. The number of amides is 1. The number of carbonyl (C=O) groups is 1. The molecule has 5 nitrogen and oxygen atoms in total. The van der Waals surface area contributed by atoms with Crippen LogP contribution in [-0.4, -0.2) is 22.7 Å². The normalized spacial score (nSPS) is 10.4. The lowest BCUT2D eigenvalue weighted by Gasteiger charge is -2.10. The van der Waals surface area contributed by atoms with Gasteiger partial charge in [-0.3, -0.25) is 9.48 Å². The summed E-state index contributed by atoms with van der Waals surface area (Å²) < 4.78 is 1.80. The summed E-state index contributed by atoms with van der Waals surface area (Å²) in [6.07, 6.45) is 1.78. The summed E-state index contributed by atoms with van der Waals surface area (Å²) in [5.74, 6) is -0.0821. The van der Waals surface area contributed by atoms with Crippen molar-refractivity contribution >= 4 is 11.6 Å². The largest absolute Gasteiger partial charge is 0.387 e. The highest BCUT2D eigenvalue weighted by Crippen LogP contribution is 2.17. The smallest absolute Gasteiger partial charge is 0.253 e. The maximum absolute atomic E-state index is 12.3. The van der Waals surface area contributed by atoms with Crippen molar-refractivity contribution in [1.82, 2.24) is 15.1 Å². The van der Waals surface area contributed by atoms with Gasteiger partial charge in [-0.15, -0.1) is 0 Å². The van der Waals surface area contributed by atoms with Crippen LogP contribution in [0.5, 0.6) is 0 Å². The quantitative estimate of drug-likeness (QED) is 0.895. The van der Waals surface area contributed by atoms with Crippen molar-refractivity contribution in [3.05, 3.63) is 46.8 Å². The summed E-state index contributed by atoms with van der Waals surface area (Å²) in [5.41, 5.74) is 4.64. The third-order valence-electron chi connectivity index (χ3n) is 3.47. The first kappa shape index (κ1) is 14.1. The summed E-state index contributed by atoms with van der Waals surface area (Å²) in [6.45, 7) is 4.44. The molecule has 106 valence electrons. The first-order valence-corrected chi connectivity index (χ1v) is 6.57. The molecule has 0 saturated heterocycles. The van der Waals surface area contributed by atoms with Crippen LogP contribution in [0.2, 0.25) is 0 Å². The van der Waals surface area contributed by atoms with Crippen molar-refractivity contribution in [2.24, 2.45) is 7.05 Å². The van der Waals surface area contributed by atoms with Gasteiger partial charge >= 0.3 is 0 Å². The van der Waals surface area contributed by atoms with E-state index in [0.29, 0.717) is 12.1 Å². The van der Waals surface area contributed by atoms with Gasteiger partial charge in [0.1, 0.15) is 0 Å². The molecule has 1 aromatic carbocycles. The average Bonchev–Trinajstić information content (AvgIpc) is 2.76. The van der Waals surface area contributed by atoms with E-state index in [-0.39, 0.29) is 5.91 Å². The molecule has 1 heterocycles. The molecule has 1 amide bonds. The number of carbonyl (C=O) groups excluding carboxylic acids is 1. The van der Waals surface area contributed by atoms with Crippen LogP contribution in [0.15, 0.2) is 24.4 Å². The van der Waals surface area contributed by atoms with Crippen LogP contribution in [0.3, 0.4) is 0 Å². The van der Waals surface area contributed by atoms with Gasteiger partial charge in [0.2, 0.25) is 0 Å². The van der Waals surface area contributed by atoms with E-state index in [9.17, 15) is 4.79 Å². The monoisotopic (exact) mass is 272 g/mol. The van der Waals surface area contributed by atoms with Crippen LogP contribution >= 0.6 is 0 Å². The molecule has 0 bridgehead atoms. The molecule has 0 aliphatic carbocycles. The van der Waals surface area contributed by atoms with Gasteiger partial charge in [0, 0.05) is 37.6 Å². The van der Waals surface area contributed by atoms with E-state index in [4.69, 9.17) is 0 Å². The molecular weight excluding hydrogens is 252 g/mol. The van der Waals surface area contributed by atoms with Crippen LogP contribution in [0.1, 0.15) is 27.2 Å². The molecule has 0 atom stereocenters. The molecule has 0 unspecified atom stereocenters. The lowest BCUT2D eigenvalue weighted by atomic mass is 10.1. The number of rotatable bonds is 4. The predicted octanol–water partition coefficient (Wildman–Crippen LogP) is 2.01. The average molecular weight is 272 g/mol. The van der Waals surface area contributed by atoms with Gasteiger partial charge in [0.15, 0.2) is 0 Å². The van der Waals surface area contributed by atoms with Gasteiger partial charge in [-0.1, -0.05) is 11.6 Å². The highest BCUT2D eigenvalue weighted by atomic mass is 16.1. The zero-order valence-corrected chi connectivity index (χ0v) is 12.3. The Hall–Kier alpha value is -2.30. The minimum Gasteiger partial charge on any atom is -0.387 e. The topological polar surface area (TPSA) is 59.0 Å². The van der Waals surface area contributed by atoms with Crippen molar-refractivity contribution in [3.63, 3.8) is 0 Å². The van der Waals surface area contributed by atoms with Gasteiger partial charge in [0.25, 0.3) is 5.91 Å². The van der Waals surface area contributed by atoms with Crippen LogP contribution in [0.25, 0.3) is 0 Å². The van der Waals surface area contributed by atoms with E-state index in [1.54, 1.807) is 10.9 Å². The minimum atomic E-state index is -0.0821. The molecule has 20 heavy (non-hydrogen) atoms. The number of benzene rings is 1. The molecule has 0 aliphatic rings. The summed E-state index contributed by atoms with van der Waals surface area (Å²) in [6, 6.07) is 5.78. The van der Waals surface area contributed by atoms with Crippen LogP contribution in [-0.2, 0) is 13.6 Å². The molecule has 1 aromatic heterocycles. The third kappa shape index (κ3) is 2.82. The fourth-order valence-electron chi connectivity index (χ4n) is 2.05. The minimum absolute atomic E-state index is 0.0821. The fourth-order valence-corrected chi connectivity index (χ4v) is 2.05. The van der Waals surface area contributed by atoms with E-state index in [0.717, 1.165) is 22.5 Å². The Morgan fingerprint density at radius 3 is 2.70 bits per heavy atom. The molecule has 2 aromatic rings. The van der Waals surface area contributed by atoms with Gasteiger partial charge in [-0.05, 0) is 26.0 Å². The van der Waals surface area contributed by atoms with Crippen LogP contribution in [0, 0.1) is 13.8 Å². The number of hydrogen-bond donors (Lipinski definition) is 2. The molecule has 0 saturated carbocycles. The van der Waals surface area contributed by atoms with Crippen molar-refractivity contribution < 1.29 is 4.79 Å². The van der Waals surface area contributed by atoms with E-state index in [1.807, 2.05) is 46.1 Å². The van der Waals surface area contributed by atoms with Crippen molar-refractivity contribution in [2.45, 2.75) is 20.4 Å². The van der Waals surface area contributed by atoms with Gasteiger partial charge in [-0.25, -0.2) is 0 Å². The van der Waals surface area contributed by atoms with Crippen molar-refractivity contribution in [1.29, 1.82) is 0 Å². The molecule has 0 radical (unpaired) electrons. The number of nitrogens with one attached hydrogen (secondary N) is 2. The third-order valence-corrected chi connectivity index (χ3v) is 3.47. The van der Waals surface area contributed by atoms with Crippen LogP contribution in [0.4, 0.5) is 5.69 Å². The SMILES string of the molecule is CNc1ccc(C)cc1C(=O)NCc1cnn(C)c1C. The van der Waals surface area contributed by atoms with Crippen LogP contribution < -0.4 is 10.6 Å². The summed E-state index contributed by atoms with van der Waals surface area (Å²) in [7, 11) is 3.70. The number of anilines is 1. The first-order chi connectivity index (χ1) is 9.52. The Morgan fingerprint density at radius 1 is 1.35 bits per heavy atom. The molecular formula is C15H20N4O. The number of nitrogens with zero attached hydrogens (tertiary/aromatic N) is 2. The van der Waals surface area contributed by atoms with Crippen molar-refractivity contribution in [3.8, 4) is 0 Å². The highest BCUT2D eigenvalue weighted by Gasteiger charge is 2.12. The Labute approximate surface area is 119 Å². The fraction of sp³-hybridized carbons (Fsp3) is 0.333. The number of aryl methyl sites for hydroxylation is 2. The molecule has 2 rings (SSSR count). The lowest BCUT2D eigenvalue weighted by molar-refractivity contribution is 0.0951. The van der Waals surface area contributed by atoms with E-state index < -0.39 is 0 Å². The molecule has 0 spiro atoms. The second-order valence-electron chi connectivity index (χ2n) is 4.86. The second kappa shape index (κ2) is 5.77. The maximum Gasteiger partial charge on any atom is 0.253 e. The molecule has 0 fully saturated rings. The summed E-state index contributed by atoms with van der Waals surface area (Å²) in [4.78, 5) is 12.3. The van der Waals surface area contributed by atoms with Gasteiger partial charge < -0.3 is 10.6 Å². The first-order valence-electron chi connectivity index (χ1n) is 6.57. The summed E-state index contributed by atoms with van der Waals surface area (Å²) >= 11 is 0. The molecule has 5 heteroatoms. The molecule has 0 aliphatic heterocycles. The second-order valence-corrected chi connectivity index (χ2v) is 4.86. The van der Waals surface area contributed by atoms with E-state index in [1.165, 1.54) is 0 Å². The zero-order chi connectivity index (χ0) is 14.7. The standard InChI is InChI=1S/C15H20N4O/c1-10-5-6-14(16-3)13(7-10)15(20)17-8-12-9-18-19(4)11(12)2/h5-7,9,16H,8H2,1-4H3,(H,17,20). The lowest BCUT2D eigenvalue weighted by Crippen LogP contribution is -2.24. The van der Waals surface area contributed by atoms with E-state index >= 15 is 0 Å². The Morgan fingerprint density at radius 2 is 2.10 bits per heavy atom. The van der Waals surface area contributed by atoms with Gasteiger partial charge in [0.05, 0.1) is 11.8 Å². The zero-order valence-electron chi connectivity index (χ0n) is 12.3.